The van der Waals surface area contributed by atoms with Crippen molar-refractivity contribution >= 4 is 34.4 Å². The van der Waals surface area contributed by atoms with Crippen molar-refractivity contribution in [2.75, 3.05) is 13.1 Å². The Morgan fingerprint density at radius 3 is 2.91 bits per heavy atom. The van der Waals surface area contributed by atoms with Gasteiger partial charge in [0.2, 0.25) is 5.91 Å². The number of benzene rings is 1. The third kappa shape index (κ3) is 3.34. The van der Waals surface area contributed by atoms with Crippen LogP contribution in [0.5, 0.6) is 0 Å². The van der Waals surface area contributed by atoms with Gasteiger partial charge < -0.3 is 14.6 Å². The van der Waals surface area contributed by atoms with Crippen molar-refractivity contribution in [3.8, 4) is 0 Å². The normalized spacial score (nSPS) is 18.3. The number of carboxylic acids is 1. The van der Waals surface area contributed by atoms with E-state index >= 15 is 0 Å². The Balaban J connectivity index is 1.64. The highest BCUT2D eigenvalue weighted by atomic mass is 35.5. The van der Waals surface area contributed by atoms with E-state index in [0.717, 1.165) is 17.3 Å². The molecular weight excluding hydrogens is 316 g/mol. The van der Waals surface area contributed by atoms with Gasteiger partial charge in [-0.3, -0.25) is 9.59 Å². The zero-order chi connectivity index (χ0) is 16.4. The number of aliphatic carboxylic acids is 1. The summed E-state index contributed by atoms with van der Waals surface area (Å²) in [6, 6.07) is 7.67. The molecule has 23 heavy (non-hydrogen) atoms. The Kier molecular flexibility index (Phi) is 4.57. The molecule has 1 fully saturated rings. The number of aromatic nitrogens is 1. The van der Waals surface area contributed by atoms with Gasteiger partial charge in [0.05, 0.1) is 5.92 Å². The van der Waals surface area contributed by atoms with Crippen molar-refractivity contribution in [2.24, 2.45) is 5.92 Å². The van der Waals surface area contributed by atoms with Crippen molar-refractivity contribution in [1.29, 1.82) is 0 Å². The minimum Gasteiger partial charge on any atom is -0.481 e. The number of carboxylic acid groups (broad SMARTS) is 1. The van der Waals surface area contributed by atoms with Gasteiger partial charge in [-0.1, -0.05) is 17.7 Å². The standard InChI is InChI=1S/C17H19ClN2O3/c18-14-4-1-5-15-13(14)6-9-19(15)10-7-16(21)20-8-2-3-12(11-20)17(22)23/h1,4-6,9,12H,2-3,7-8,10-11H2,(H,22,23). The van der Waals surface area contributed by atoms with Crippen molar-refractivity contribution in [3.63, 3.8) is 0 Å². The maximum Gasteiger partial charge on any atom is 0.308 e. The number of aryl methyl sites for hydroxylation is 1. The molecule has 0 bridgehead atoms. The second kappa shape index (κ2) is 6.62. The molecule has 122 valence electrons. The van der Waals surface area contributed by atoms with Crippen LogP contribution < -0.4 is 0 Å². The molecule has 0 spiro atoms. The number of halogens is 1. The molecule has 2 heterocycles. The van der Waals surface area contributed by atoms with Crippen LogP contribution in [0.2, 0.25) is 5.02 Å². The zero-order valence-electron chi connectivity index (χ0n) is 12.7. The highest BCUT2D eigenvalue weighted by Crippen LogP contribution is 2.24. The van der Waals surface area contributed by atoms with E-state index < -0.39 is 11.9 Å². The maximum atomic E-state index is 12.4. The molecule has 1 atom stereocenters. The molecular formula is C17H19ClN2O3. The van der Waals surface area contributed by atoms with Crippen molar-refractivity contribution < 1.29 is 14.7 Å². The summed E-state index contributed by atoms with van der Waals surface area (Å²) in [5, 5.41) is 10.8. The van der Waals surface area contributed by atoms with Crippen molar-refractivity contribution in [1.82, 2.24) is 9.47 Å². The summed E-state index contributed by atoms with van der Waals surface area (Å²) in [5.41, 5.74) is 1.01. The predicted octanol–water partition coefficient (Wildman–Crippen LogP) is 3.01. The summed E-state index contributed by atoms with van der Waals surface area (Å²) in [7, 11) is 0. The summed E-state index contributed by atoms with van der Waals surface area (Å²) in [6.07, 6.45) is 3.70. The van der Waals surface area contributed by atoms with Crippen LogP contribution in [-0.4, -0.2) is 39.5 Å². The lowest BCUT2D eigenvalue weighted by atomic mass is 9.98. The molecule has 1 unspecified atom stereocenters. The quantitative estimate of drug-likeness (QED) is 0.934. The van der Waals surface area contributed by atoms with E-state index in [0.29, 0.717) is 37.5 Å². The topological polar surface area (TPSA) is 62.5 Å². The molecule has 5 nitrogen and oxygen atoms in total. The van der Waals surface area contributed by atoms with Crippen LogP contribution in [0.1, 0.15) is 19.3 Å². The molecule has 6 heteroatoms. The third-order valence-electron chi connectivity index (χ3n) is 4.45. The number of rotatable bonds is 4. The molecule has 1 amide bonds. The van der Waals surface area contributed by atoms with E-state index in [1.54, 1.807) is 4.90 Å². The highest BCUT2D eigenvalue weighted by molar-refractivity contribution is 6.35. The first-order valence-electron chi connectivity index (χ1n) is 7.80. The first-order chi connectivity index (χ1) is 11.1. The first-order valence-corrected chi connectivity index (χ1v) is 8.18. The lowest BCUT2D eigenvalue weighted by Crippen LogP contribution is -2.42. The minimum atomic E-state index is -0.812. The monoisotopic (exact) mass is 334 g/mol. The van der Waals surface area contributed by atoms with Gasteiger partial charge in [0.25, 0.3) is 0 Å². The fourth-order valence-electron chi connectivity index (χ4n) is 3.16. The molecule has 2 aromatic rings. The van der Waals surface area contributed by atoms with Gasteiger partial charge in [-0.15, -0.1) is 0 Å². The lowest BCUT2D eigenvalue weighted by Gasteiger charge is -2.30. The summed E-state index contributed by atoms with van der Waals surface area (Å²) in [4.78, 5) is 25.1. The van der Waals surface area contributed by atoms with Crippen LogP contribution >= 0.6 is 11.6 Å². The highest BCUT2D eigenvalue weighted by Gasteiger charge is 2.27. The Hall–Kier alpha value is -2.01. The van der Waals surface area contributed by atoms with Gasteiger partial charge in [-0.25, -0.2) is 0 Å². The number of likely N-dealkylation sites (tertiary alicyclic amines) is 1. The Labute approximate surface area is 139 Å². The number of fused-ring (bicyclic) bond motifs is 1. The van der Waals surface area contributed by atoms with E-state index in [1.165, 1.54) is 0 Å². The second-order valence-electron chi connectivity index (χ2n) is 5.95. The van der Waals surface area contributed by atoms with E-state index in [4.69, 9.17) is 16.7 Å². The Morgan fingerprint density at radius 1 is 1.30 bits per heavy atom. The van der Waals surface area contributed by atoms with Gasteiger partial charge in [-0.05, 0) is 31.0 Å². The van der Waals surface area contributed by atoms with Gasteiger partial charge in [0, 0.05) is 48.2 Å². The van der Waals surface area contributed by atoms with Crippen LogP contribution in [0, 0.1) is 5.92 Å². The lowest BCUT2D eigenvalue weighted by molar-refractivity contribution is -0.145. The Bertz CT molecular complexity index is 741. The summed E-state index contributed by atoms with van der Waals surface area (Å²) < 4.78 is 2.01. The van der Waals surface area contributed by atoms with Crippen LogP contribution in [0.3, 0.4) is 0 Å². The minimum absolute atomic E-state index is 0.0137. The van der Waals surface area contributed by atoms with Crippen LogP contribution in [0.25, 0.3) is 10.9 Å². The summed E-state index contributed by atoms with van der Waals surface area (Å²) in [6.45, 7) is 1.55. The van der Waals surface area contributed by atoms with Crippen LogP contribution in [0.15, 0.2) is 30.5 Å². The molecule has 1 aromatic carbocycles. The number of carbonyl (C=O) groups is 2. The molecule has 1 aliphatic rings. The molecule has 3 rings (SSSR count). The predicted molar refractivity (Wildman–Crippen MR) is 88.5 cm³/mol. The molecule has 1 aromatic heterocycles. The SMILES string of the molecule is O=C(O)C1CCCN(C(=O)CCn2ccc3c(Cl)cccc32)C1. The number of piperidine rings is 1. The summed E-state index contributed by atoms with van der Waals surface area (Å²) >= 11 is 6.16. The van der Waals surface area contributed by atoms with Crippen LogP contribution in [-0.2, 0) is 16.1 Å². The van der Waals surface area contributed by atoms with E-state index in [1.807, 2.05) is 35.0 Å². The fourth-order valence-corrected chi connectivity index (χ4v) is 3.39. The second-order valence-corrected chi connectivity index (χ2v) is 6.36. The number of nitrogens with zero attached hydrogens (tertiary/aromatic N) is 2. The molecule has 1 aliphatic heterocycles. The number of hydrogen-bond donors (Lipinski definition) is 1. The van der Waals surface area contributed by atoms with Crippen molar-refractivity contribution in [3.05, 3.63) is 35.5 Å². The maximum absolute atomic E-state index is 12.4. The Morgan fingerprint density at radius 2 is 2.13 bits per heavy atom. The third-order valence-corrected chi connectivity index (χ3v) is 4.78. The summed E-state index contributed by atoms with van der Waals surface area (Å²) in [5.74, 6) is -1.23. The van der Waals surface area contributed by atoms with Gasteiger partial charge in [0.1, 0.15) is 0 Å². The first kappa shape index (κ1) is 15.9. The molecule has 1 N–H and O–H groups in total. The largest absolute Gasteiger partial charge is 0.481 e. The molecule has 0 radical (unpaired) electrons. The number of carbonyl (C=O) groups excluding carboxylic acids is 1. The van der Waals surface area contributed by atoms with E-state index in [9.17, 15) is 9.59 Å². The zero-order valence-corrected chi connectivity index (χ0v) is 13.5. The molecule has 0 saturated carbocycles. The smallest absolute Gasteiger partial charge is 0.308 e. The number of amides is 1. The van der Waals surface area contributed by atoms with Crippen LogP contribution in [0.4, 0.5) is 0 Å². The average molecular weight is 335 g/mol. The molecule has 1 saturated heterocycles. The van der Waals surface area contributed by atoms with E-state index in [2.05, 4.69) is 0 Å². The van der Waals surface area contributed by atoms with Gasteiger partial charge in [0.15, 0.2) is 0 Å². The fraction of sp³-hybridized carbons (Fsp3) is 0.412. The van der Waals surface area contributed by atoms with E-state index in [-0.39, 0.29) is 5.91 Å². The molecule has 0 aliphatic carbocycles. The average Bonchev–Trinajstić information content (AvgIpc) is 2.97. The van der Waals surface area contributed by atoms with Gasteiger partial charge in [-0.2, -0.15) is 0 Å². The van der Waals surface area contributed by atoms with Gasteiger partial charge >= 0.3 is 5.97 Å². The number of hydrogen-bond acceptors (Lipinski definition) is 2. The van der Waals surface area contributed by atoms with Crippen molar-refractivity contribution in [2.45, 2.75) is 25.8 Å².